The first-order chi connectivity index (χ1) is 37.0. The van der Waals surface area contributed by atoms with Crippen LogP contribution in [0, 0.1) is 0 Å². The van der Waals surface area contributed by atoms with Gasteiger partial charge in [0.15, 0.2) is 5.11 Å². The monoisotopic (exact) mass is 1170 g/mol. The van der Waals surface area contributed by atoms with Gasteiger partial charge in [0.1, 0.15) is 16.7 Å². The lowest BCUT2D eigenvalue weighted by Crippen LogP contribution is -2.54. The van der Waals surface area contributed by atoms with Gasteiger partial charge in [0, 0.05) is 95.4 Å². The first-order valence-corrected chi connectivity index (χ1v) is 26.1. The van der Waals surface area contributed by atoms with Crippen LogP contribution in [0.15, 0.2) is 71.5 Å². The van der Waals surface area contributed by atoms with Crippen molar-refractivity contribution in [2.45, 2.75) is 69.7 Å². The molecule has 0 radical (unpaired) electrons. The van der Waals surface area contributed by atoms with Gasteiger partial charge in [-0.25, -0.2) is 19.4 Å². The molecule has 2 heterocycles. The SMILES string of the molecule is NC(=O)CN1CCN(CC(N)=O)CCN(CC(N)=O)C(Cc2ccc(NC(=S)NCc3ccc(C(=O)N(CCCCC(NC(=O)N[C@H](CCC(=O)O)C(=O)O)C(=O)O)Cc4ccc(Br)nc4)cc3)cc2)CN(CC(N)=O)CC1. The average molecular weight is 1170 g/mol. The van der Waals surface area contributed by atoms with Crippen LogP contribution in [0.5, 0.6) is 0 Å². The van der Waals surface area contributed by atoms with Crippen LogP contribution in [-0.2, 0) is 53.1 Å². The fourth-order valence-corrected chi connectivity index (χ4v) is 8.96. The number of aromatic nitrogens is 1. The molecule has 424 valence electrons. The molecule has 26 nitrogen and oxygen atoms in total. The summed E-state index contributed by atoms with van der Waals surface area (Å²) in [5, 5.41) is 39.0. The highest BCUT2D eigenvalue weighted by Gasteiger charge is 2.28. The minimum absolute atomic E-state index is 0.0312. The van der Waals surface area contributed by atoms with Gasteiger partial charge in [-0.2, -0.15) is 0 Å². The van der Waals surface area contributed by atoms with Gasteiger partial charge in [-0.1, -0.05) is 30.3 Å². The maximum absolute atomic E-state index is 14.0. The van der Waals surface area contributed by atoms with E-state index >= 15 is 0 Å². The number of carboxylic acids is 3. The van der Waals surface area contributed by atoms with Crippen molar-refractivity contribution in [3.05, 3.63) is 93.7 Å². The summed E-state index contributed by atoms with van der Waals surface area (Å²) in [5.41, 5.74) is 26.0. The number of nitrogens with two attached hydrogens (primary N) is 4. The highest BCUT2D eigenvalue weighted by Crippen LogP contribution is 2.18. The molecule has 78 heavy (non-hydrogen) atoms. The van der Waals surface area contributed by atoms with Crippen molar-refractivity contribution in [2.24, 2.45) is 22.9 Å². The number of rotatable bonds is 28. The van der Waals surface area contributed by atoms with E-state index in [-0.39, 0.29) is 64.1 Å². The summed E-state index contributed by atoms with van der Waals surface area (Å²) >= 11 is 8.93. The van der Waals surface area contributed by atoms with E-state index in [1.165, 1.54) is 0 Å². The standard InChI is InChI=1S/C50H69BrN14O12S/c51-40-14-8-34(25-56-40)26-65(16-2-1-3-38(47(73)74)59-49(77)60-39(48(75)76)13-15-45(70)71)46(72)35-9-4-33(5-10-35)24-57-50(78)58-36-11-6-32(7-12-36)23-37-27-63(30-43(54)68)20-19-61(28-41(52)66)17-18-62(29-42(53)67)21-22-64(37)31-44(55)69/h4-12,14,25,37-39H,1-3,13,15-24,26-31H2,(H2,52,66)(H2,53,67)(H2,54,68)(H2,55,69)(H,70,71)(H,73,74)(H,75,76)(H2,57,58,78)(H2,59,60,77)/t37?,38?,39-/m1/s1. The van der Waals surface area contributed by atoms with Gasteiger partial charge in [-0.3, -0.25) is 48.4 Å². The third-order valence-corrected chi connectivity index (χ3v) is 13.2. The molecule has 0 saturated carbocycles. The number of urea groups is 1. The van der Waals surface area contributed by atoms with Crippen molar-refractivity contribution in [3.8, 4) is 0 Å². The van der Waals surface area contributed by atoms with Crippen LogP contribution in [0.3, 0.4) is 0 Å². The van der Waals surface area contributed by atoms with Gasteiger partial charge >= 0.3 is 23.9 Å². The molecule has 0 aliphatic carbocycles. The number of unbranched alkanes of at least 4 members (excludes halogenated alkanes) is 1. The van der Waals surface area contributed by atoms with Gasteiger partial charge in [0.2, 0.25) is 23.6 Å². The zero-order valence-corrected chi connectivity index (χ0v) is 45.4. The number of hydrogen-bond acceptors (Lipinski definition) is 15. The van der Waals surface area contributed by atoms with Crippen molar-refractivity contribution < 1.29 is 58.5 Å². The number of amides is 7. The van der Waals surface area contributed by atoms with Crippen LogP contribution in [0.4, 0.5) is 10.5 Å². The Morgan fingerprint density at radius 1 is 0.667 bits per heavy atom. The molecule has 2 unspecified atom stereocenters. The van der Waals surface area contributed by atoms with E-state index in [0.29, 0.717) is 86.2 Å². The minimum Gasteiger partial charge on any atom is -0.481 e. The summed E-state index contributed by atoms with van der Waals surface area (Å²) < 4.78 is 0.603. The predicted molar refractivity (Wildman–Crippen MR) is 293 cm³/mol. The molecule has 1 aliphatic heterocycles. The fraction of sp³-hybridized carbons (Fsp3) is 0.460. The Morgan fingerprint density at radius 3 is 1.73 bits per heavy atom. The first-order valence-electron chi connectivity index (χ1n) is 24.9. The zero-order valence-electron chi connectivity index (χ0n) is 43.0. The number of carbonyl (C=O) groups is 9. The quantitative estimate of drug-likeness (QED) is 0.0243. The molecule has 0 bridgehead atoms. The molecular formula is C50H69BrN14O12S. The lowest BCUT2D eigenvalue weighted by Gasteiger charge is -2.38. The second kappa shape index (κ2) is 32.4. The lowest BCUT2D eigenvalue weighted by molar-refractivity contribution is -0.141. The number of nitrogens with one attached hydrogen (secondary N) is 4. The van der Waals surface area contributed by atoms with E-state index in [9.17, 15) is 53.4 Å². The van der Waals surface area contributed by atoms with Gasteiger partial charge in [-0.05, 0) is 107 Å². The molecule has 1 aromatic heterocycles. The first kappa shape index (κ1) is 63.2. The van der Waals surface area contributed by atoms with Gasteiger partial charge in [0.25, 0.3) is 5.91 Å². The Kier molecular flexibility index (Phi) is 26.2. The third kappa shape index (κ3) is 23.9. The molecular weight excluding hydrogens is 1100 g/mol. The number of carboxylic acid groups (broad SMARTS) is 3. The maximum Gasteiger partial charge on any atom is 0.326 e. The number of carbonyl (C=O) groups excluding carboxylic acids is 6. The van der Waals surface area contributed by atoms with Crippen LogP contribution >= 0.6 is 28.1 Å². The topological polar surface area (TPSA) is 396 Å². The smallest absolute Gasteiger partial charge is 0.326 e. The largest absolute Gasteiger partial charge is 0.481 e. The number of hydrogen-bond donors (Lipinski definition) is 11. The van der Waals surface area contributed by atoms with E-state index in [2.05, 4.69) is 42.2 Å². The molecule has 7 amide bonds. The van der Waals surface area contributed by atoms with Crippen LogP contribution < -0.4 is 44.2 Å². The Morgan fingerprint density at radius 2 is 1.19 bits per heavy atom. The Labute approximate surface area is 464 Å². The maximum atomic E-state index is 14.0. The molecule has 0 spiro atoms. The molecule has 1 fully saturated rings. The summed E-state index contributed by atoms with van der Waals surface area (Å²) in [6.07, 6.45) is 1.66. The number of anilines is 1. The van der Waals surface area contributed by atoms with E-state index in [1.54, 1.807) is 41.4 Å². The number of halogens is 1. The highest BCUT2D eigenvalue weighted by atomic mass is 79.9. The van der Waals surface area contributed by atoms with Crippen molar-refractivity contribution in [1.29, 1.82) is 0 Å². The number of primary amides is 4. The third-order valence-electron chi connectivity index (χ3n) is 12.5. The van der Waals surface area contributed by atoms with Crippen molar-refractivity contribution in [1.82, 2.24) is 45.4 Å². The van der Waals surface area contributed by atoms with Crippen molar-refractivity contribution in [2.75, 3.05) is 83.9 Å². The summed E-state index contributed by atoms with van der Waals surface area (Å²) in [6, 6.07) is 13.6. The summed E-state index contributed by atoms with van der Waals surface area (Å²) in [4.78, 5) is 123. The van der Waals surface area contributed by atoms with E-state index in [1.807, 2.05) is 49.9 Å². The number of benzene rings is 2. The number of pyridine rings is 1. The van der Waals surface area contributed by atoms with E-state index < -0.39 is 72.5 Å². The van der Waals surface area contributed by atoms with Crippen molar-refractivity contribution in [3.63, 3.8) is 0 Å². The number of aliphatic carboxylic acids is 3. The summed E-state index contributed by atoms with van der Waals surface area (Å²) in [7, 11) is 0. The normalized spacial score (nSPS) is 15.7. The molecule has 4 rings (SSSR count). The lowest BCUT2D eigenvalue weighted by atomic mass is 10.0. The molecule has 15 N–H and O–H groups in total. The average Bonchev–Trinajstić information content (AvgIpc) is 3.37. The molecule has 3 aromatic rings. The van der Waals surface area contributed by atoms with Crippen LogP contribution in [0.25, 0.3) is 0 Å². The Balaban J connectivity index is 1.38. The van der Waals surface area contributed by atoms with Crippen molar-refractivity contribution >= 4 is 92.4 Å². The second-order valence-electron chi connectivity index (χ2n) is 18.7. The molecule has 1 aliphatic rings. The molecule has 1 saturated heterocycles. The van der Waals surface area contributed by atoms with E-state index in [4.69, 9.17) is 40.3 Å². The van der Waals surface area contributed by atoms with Gasteiger partial charge < -0.3 is 64.4 Å². The second-order valence-corrected chi connectivity index (χ2v) is 19.9. The van der Waals surface area contributed by atoms with E-state index in [0.717, 1.165) is 16.7 Å². The van der Waals surface area contributed by atoms with Gasteiger partial charge in [0.05, 0.1) is 26.2 Å². The zero-order chi connectivity index (χ0) is 57.3. The summed E-state index contributed by atoms with van der Waals surface area (Å²) in [6.45, 7) is 2.92. The summed E-state index contributed by atoms with van der Waals surface area (Å²) in [5.74, 6) is -6.57. The Bertz CT molecular complexity index is 2550. The molecule has 3 atom stereocenters. The number of nitrogens with zero attached hydrogens (tertiary/aromatic N) is 6. The Hall–Kier alpha value is -7.37. The molecule has 28 heteroatoms. The van der Waals surface area contributed by atoms with Crippen LogP contribution in [-0.4, -0.2) is 200 Å². The predicted octanol–water partition coefficient (Wildman–Crippen LogP) is -0.712. The van der Waals surface area contributed by atoms with Crippen LogP contribution in [0.2, 0.25) is 0 Å². The minimum atomic E-state index is -1.54. The number of thiocarbonyl (C=S) groups is 1. The highest BCUT2D eigenvalue weighted by molar-refractivity contribution is 9.10. The molecule has 2 aromatic carbocycles. The van der Waals surface area contributed by atoms with Gasteiger partial charge in [-0.15, -0.1) is 0 Å². The fourth-order valence-electron chi connectivity index (χ4n) is 8.54. The van der Waals surface area contributed by atoms with Crippen LogP contribution in [0.1, 0.15) is 59.2 Å².